The van der Waals surface area contributed by atoms with Crippen LogP contribution in [0.2, 0.25) is 0 Å². The van der Waals surface area contributed by atoms with Crippen LogP contribution in [0.25, 0.3) is 0 Å². The van der Waals surface area contributed by atoms with E-state index in [0.29, 0.717) is 24.3 Å². The molecule has 1 heterocycles. The van der Waals surface area contributed by atoms with Crippen LogP contribution in [0.1, 0.15) is 55.3 Å². The summed E-state index contributed by atoms with van der Waals surface area (Å²) in [5.74, 6) is 0.200. The maximum absolute atomic E-state index is 10.7. The molecule has 2 unspecified atom stereocenters. The summed E-state index contributed by atoms with van der Waals surface area (Å²) in [6.07, 6.45) is 6.33. The molecule has 0 spiro atoms. The Hall–Kier alpha value is -1.36. The van der Waals surface area contributed by atoms with Crippen molar-refractivity contribution in [3.05, 3.63) is 17.5 Å². The summed E-state index contributed by atoms with van der Waals surface area (Å²) in [5.41, 5.74) is -0.0271. The quantitative estimate of drug-likeness (QED) is 0.805. The zero-order valence-electron chi connectivity index (χ0n) is 10.7. The van der Waals surface area contributed by atoms with Gasteiger partial charge in [0.2, 0.25) is 0 Å². The Labute approximate surface area is 107 Å². The molecule has 1 aromatic heterocycles. The van der Waals surface area contributed by atoms with Gasteiger partial charge in [0.15, 0.2) is 11.5 Å². The van der Waals surface area contributed by atoms with Crippen LogP contribution in [0.15, 0.2) is 10.6 Å². The Morgan fingerprint density at radius 3 is 3.00 bits per heavy atom. The summed E-state index contributed by atoms with van der Waals surface area (Å²) < 4.78 is 4.99. The fourth-order valence-electron chi connectivity index (χ4n) is 2.53. The van der Waals surface area contributed by atoms with Gasteiger partial charge in [-0.15, -0.1) is 0 Å². The lowest BCUT2D eigenvalue weighted by molar-refractivity contribution is 0.0685. The number of rotatable bonds is 4. The topological polar surface area (TPSA) is 75.4 Å². The minimum absolute atomic E-state index is 0.0271. The SMILES string of the molecule is CC1CCCCCC1NCc1cc(C(=O)O)no1. The van der Waals surface area contributed by atoms with Gasteiger partial charge in [0.25, 0.3) is 0 Å². The summed E-state index contributed by atoms with van der Waals surface area (Å²) >= 11 is 0. The smallest absolute Gasteiger partial charge is 0.358 e. The van der Waals surface area contributed by atoms with Gasteiger partial charge in [-0.25, -0.2) is 4.79 Å². The monoisotopic (exact) mass is 252 g/mol. The third kappa shape index (κ3) is 3.32. The van der Waals surface area contributed by atoms with Gasteiger partial charge in [0.1, 0.15) is 0 Å². The van der Waals surface area contributed by atoms with E-state index in [1.54, 1.807) is 0 Å². The van der Waals surface area contributed by atoms with Gasteiger partial charge < -0.3 is 14.9 Å². The van der Waals surface area contributed by atoms with Crippen molar-refractivity contribution in [2.75, 3.05) is 0 Å². The van der Waals surface area contributed by atoms with Crippen molar-refractivity contribution in [1.29, 1.82) is 0 Å². The van der Waals surface area contributed by atoms with E-state index < -0.39 is 5.97 Å². The third-order valence-corrected chi connectivity index (χ3v) is 3.68. The lowest BCUT2D eigenvalue weighted by atomic mass is 9.97. The molecule has 1 aromatic rings. The average molecular weight is 252 g/mol. The van der Waals surface area contributed by atoms with Crippen molar-refractivity contribution >= 4 is 5.97 Å². The summed E-state index contributed by atoms with van der Waals surface area (Å²) in [5, 5.41) is 15.7. The molecule has 0 bridgehead atoms. The maximum atomic E-state index is 10.7. The van der Waals surface area contributed by atoms with E-state index >= 15 is 0 Å². The number of nitrogens with one attached hydrogen (secondary N) is 1. The van der Waals surface area contributed by atoms with Crippen molar-refractivity contribution in [3.8, 4) is 0 Å². The standard InChI is InChI=1S/C13H20N2O3/c1-9-5-3-2-4-6-11(9)14-8-10-7-12(13(16)17)15-18-10/h7,9,11,14H,2-6,8H2,1H3,(H,16,17). The number of hydrogen-bond acceptors (Lipinski definition) is 4. The van der Waals surface area contributed by atoms with Gasteiger partial charge >= 0.3 is 5.97 Å². The fraction of sp³-hybridized carbons (Fsp3) is 0.692. The zero-order chi connectivity index (χ0) is 13.0. The molecule has 1 aliphatic carbocycles. The zero-order valence-corrected chi connectivity index (χ0v) is 10.7. The molecule has 5 heteroatoms. The van der Waals surface area contributed by atoms with Crippen LogP contribution in [-0.4, -0.2) is 22.3 Å². The fourth-order valence-corrected chi connectivity index (χ4v) is 2.53. The number of aromatic carboxylic acids is 1. The Morgan fingerprint density at radius 2 is 2.28 bits per heavy atom. The van der Waals surface area contributed by atoms with Crippen molar-refractivity contribution in [1.82, 2.24) is 10.5 Å². The van der Waals surface area contributed by atoms with Gasteiger partial charge in [-0.2, -0.15) is 0 Å². The lowest BCUT2D eigenvalue weighted by Crippen LogP contribution is -2.33. The predicted octanol–water partition coefficient (Wildman–Crippen LogP) is 2.43. The van der Waals surface area contributed by atoms with E-state index in [4.69, 9.17) is 9.63 Å². The highest BCUT2D eigenvalue weighted by molar-refractivity contribution is 5.85. The molecular formula is C13H20N2O3. The largest absolute Gasteiger partial charge is 0.476 e. The van der Waals surface area contributed by atoms with Crippen LogP contribution < -0.4 is 5.32 Å². The van der Waals surface area contributed by atoms with Crippen LogP contribution in [-0.2, 0) is 6.54 Å². The molecule has 100 valence electrons. The van der Waals surface area contributed by atoms with Gasteiger partial charge in [-0.1, -0.05) is 31.3 Å². The Kier molecular flexibility index (Phi) is 4.36. The van der Waals surface area contributed by atoms with E-state index in [0.717, 1.165) is 0 Å². The first kappa shape index (κ1) is 13.1. The number of carboxylic acids is 1. The van der Waals surface area contributed by atoms with E-state index in [-0.39, 0.29) is 5.69 Å². The second-order valence-corrected chi connectivity index (χ2v) is 5.09. The normalized spacial score (nSPS) is 24.7. The summed E-state index contributed by atoms with van der Waals surface area (Å²) in [6.45, 7) is 2.82. The molecule has 0 saturated heterocycles. The van der Waals surface area contributed by atoms with Crippen molar-refractivity contribution in [2.24, 2.45) is 5.92 Å². The van der Waals surface area contributed by atoms with Crippen LogP contribution in [0.4, 0.5) is 0 Å². The average Bonchev–Trinajstić information content (AvgIpc) is 2.72. The molecule has 0 aliphatic heterocycles. The minimum atomic E-state index is -1.05. The molecule has 2 N–H and O–H groups in total. The van der Waals surface area contributed by atoms with Crippen LogP contribution in [0.3, 0.4) is 0 Å². The lowest BCUT2D eigenvalue weighted by Gasteiger charge is -2.22. The van der Waals surface area contributed by atoms with Gasteiger partial charge in [-0.05, 0) is 18.8 Å². The summed E-state index contributed by atoms with van der Waals surface area (Å²) in [7, 11) is 0. The summed E-state index contributed by atoms with van der Waals surface area (Å²) in [4.78, 5) is 10.7. The Morgan fingerprint density at radius 1 is 1.50 bits per heavy atom. The number of aromatic nitrogens is 1. The molecule has 0 aromatic carbocycles. The van der Waals surface area contributed by atoms with E-state index in [9.17, 15) is 4.79 Å². The molecule has 0 amide bonds. The highest BCUT2D eigenvalue weighted by Crippen LogP contribution is 2.23. The van der Waals surface area contributed by atoms with E-state index in [1.807, 2.05) is 0 Å². The third-order valence-electron chi connectivity index (χ3n) is 3.68. The minimum Gasteiger partial charge on any atom is -0.476 e. The number of nitrogens with zero attached hydrogens (tertiary/aromatic N) is 1. The first-order chi connectivity index (χ1) is 8.66. The Balaban J connectivity index is 1.87. The molecule has 1 fully saturated rings. The van der Waals surface area contributed by atoms with E-state index in [1.165, 1.54) is 38.2 Å². The summed E-state index contributed by atoms with van der Waals surface area (Å²) in [6, 6.07) is 1.97. The molecule has 2 rings (SSSR count). The molecule has 1 aliphatic rings. The van der Waals surface area contributed by atoms with Gasteiger partial charge in [0.05, 0.1) is 6.54 Å². The second-order valence-electron chi connectivity index (χ2n) is 5.09. The molecular weight excluding hydrogens is 232 g/mol. The van der Waals surface area contributed by atoms with Crippen LogP contribution >= 0.6 is 0 Å². The number of carbonyl (C=O) groups is 1. The van der Waals surface area contributed by atoms with E-state index in [2.05, 4.69) is 17.4 Å². The Bertz CT molecular complexity index is 403. The molecule has 0 radical (unpaired) electrons. The first-order valence-corrected chi connectivity index (χ1v) is 6.59. The molecule has 1 saturated carbocycles. The van der Waals surface area contributed by atoms with Crippen molar-refractivity contribution < 1.29 is 14.4 Å². The van der Waals surface area contributed by atoms with Crippen molar-refractivity contribution in [2.45, 2.75) is 51.6 Å². The molecule has 2 atom stereocenters. The first-order valence-electron chi connectivity index (χ1n) is 6.59. The number of hydrogen-bond donors (Lipinski definition) is 2. The molecule has 5 nitrogen and oxygen atoms in total. The van der Waals surface area contributed by atoms with Gasteiger partial charge in [0, 0.05) is 12.1 Å². The predicted molar refractivity (Wildman–Crippen MR) is 66.3 cm³/mol. The van der Waals surface area contributed by atoms with Crippen molar-refractivity contribution in [3.63, 3.8) is 0 Å². The second kappa shape index (κ2) is 6.00. The van der Waals surface area contributed by atoms with Crippen LogP contribution in [0.5, 0.6) is 0 Å². The highest BCUT2D eigenvalue weighted by Gasteiger charge is 2.20. The molecule has 18 heavy (non-hydrogen) atoms. The van der Waals surface area contributed by atoms with Crippen LogP contribution in [0, 0.1) is 5.92 Å². The van der Waals surface area contributed by atoms with Gasteiger partial charge in [-0.3, -0.25) is 0 Å². The highest BCUT2D eigenvalue weighted by atomic mass is 16.5. The number of carboxylic acid groups (broad SMARTS) is 1. The maximum Gasteiger partial charge on any atom is 0.358 e.